The van der Waals surface area contributed by atoms with Gasteiger partial charge in [-0.05, 0) is 30.3 Å². The van der Waals surface area contributed by atoms with Crippen molar-refractivity contribution in [3.05, 3.63) is 66.4 Å². The van der Waals surface area contributed by atoms with E-state index >= 15 is 0 Å². The predicted molar refractivity (Wildman–Crippen MR) is 106 cm³/mol. The van der Waals surface area contributed by atoms with Gasteiger partial charge in [-0.3, -0.25) is 4.79 Å². The van der Waals surface area contributed by atoms with Crippen LogP contribution in [0.15, 0.2) is 65.1 Å². The van der Waals surface area contributed by atoms with Crippen LogP contribution in [-0.2, 0) is 0 Å². The van der Waals surface area contributed by atoms with Crippen molar-refractivity contribution in [2.75, 3.05) is 14.2 Å². The fourth-order valence-electron chi connectivity index (χ4n) is 2.29. The van der Waals surface area contributed by atoms with E-state index < -0.39 is 7.12 Å². The van der Waals surface area contributed by atoms with Crippen LogP contribution in [0.1, 0.15) is 18.0 Å². The van der Waals surface area contributed by atoms with E-state index in [1.54, 1.807) is 43.5 Å². The molecule has 1 heterocycles. The highest BCUT2D eigenvalue weighted by molar-refractivity contribution is 6.59. The maximum Gasteiger partial charge on any atom is 0.492 e. The quantitative estimate of drug-likeness (QED) is 0.530. The molecule has 0 aliphatic rings. The molecular weight excluding hydrogens is 347 g/mol. The van der Waals surface area contributed by atoms with Crippen LogP contribution >= 0.6 is 0 Å². The number of carbonyl (C=O) groups excluding carboxylic acids is 1. The summed E-state index contributed by atoms with van der Waals surface area (Å²) in [7, 11) is 1.62. The molecule has 0 bridgehead atoms. The Morgan fingerprint density at radius 1 is 0.889 bits per heavy atom. The van der Waals surface area contributed by atoms with Gasteiger partial charge in [0, 0.05) is 5.46 Å². The fourth-order valence-corrected chi connectivity index (χ4v) is 2.29. The Balaban J connectivity index is 0.000000273. The van der Waals surface area contributed by atoms with E-state index in [0.717, 1.165) is 11.3 Å². The van der Waals surface area contributed by atoms with Gasteiger partial charge in [0.1, 0.15) is 17.3 Å². The lowest BCUT2D eigenvalue weighted by atomic mass is 9.80. The smallest absolute Gasteiger partial charge is 0.492 e. The van der Waals surface area contributed by atoms with Crippen LogP contribution in [0.3, 0.4) is 0 Å². The van der Waals surface area contributed by atoms with Crippen LogP contribution in [0, 0.1) is 0 Å². The first-order valence-corrected chi connectivity index (χ1v) is 7.78. The Kier molecular flexibility index (Phi) is 8.85. The molecule has 1 aromatic heterocycles. The van der Waals surface area contributed by atoms with E-state index in [2.05, 4.69) is 0 Å². The standard InChI is InChI=1S/C12H10O3.C7H9BO3.CH4/c1-14-11-5-3-2-4-10(11)12-7-6-9(8-13)15-12;1-11-7-5-3-2-4-6(7)8(9)10;/h2-8H,1H3;2-5,9-10H,1H3;1H4. The number of rotatable bonds is 5. The number of aldehydes is 1. The van der Waals surface area contributed by atoms with Gasteiger partial charge in [-0.1, -0.05) is 37.8 Å². The van der Waals surface area contributed by atoms with Crippen molar-refractivity contribution in [2.24, 2.45) is 0 Å². The molecule has 27 heavy (non-hydrogen) atoms. The zero-order valence-electron chi connectivity index (χ0n) is 14.5. The number of ether oxygens (including phenoxy) is 2. The molecule has 3 aromatic rings. The molecule has 7 heteroatoms. The maximum absolute atomic E-state index is 10.5. The number of carbonyl (C=O) groups is 1. The van der Waals surface area contributed by atoms with Gasteiger partial charge < -0.3 is 23.9 Å². The average Bonchev–Trinajstić information content (AvgIpc) is 3.17. The van der Waals surface area contributed by atoms with Gasteiger partial charge in [-0.2, -0.15) is 0 Å². The predicted octanol–water partition coefficient (Wildman–Crippen LogP) is 2.78. The number of para-hydroxylation sites is 2. The Hall–Kier alpha value is -3.03. The number of methoxy groups -OCH3 is 2. The van der Waals surface area contributed by atoms with E-state index in [1.165, 1.54) is 7.11 Å². The second kappa shape index (κ2) is 10.9. The van der Waals surface area contributed by atoms with Gasteiger partial charge in [0.05, 0.1) is 19.8 Å². The van der Waals surface area contributed by atoms with Crippen molar-refractivity contribution in [3.63, 3.8) is 0 Å². The molecule has 0 aliphatic carbocycles. The molecule has 0 radical (unpaired) electrons. The Bertz CT molecular complexity index is 844. The summed E-state index contributed by atoms with van der Waals surface area (Å²) in [5.74, 6) is 2.16. The van der Waals surface area contributed by atoms with E-state index in [9.17, 15) is 4.79 Å². The minimum Gasteiger partial charge on any atom is -0.497 e. The summed E-state index contributed by atoms with van der Waals surface area (Å²) in [4.78, 5) is 10.5. The molecule has 0 atom stereocenters. The summed E-state index contributed by atoms with van der Waals surface area (Å²) < 4.78 is 15.4. The highest BCUT2D eigenvalue weighted by Crippen LogP contribution is 2.30. The molecule has 0 fully saturated rings. The zero-order chi connectivity index (χ0) is 18.9. The van der Waals surface area contributed by atoms with Crippen molar-refractivity contribution in [2.45, 2.75) is 7.43 Å². The van der Waals surface area contributed by atoms with Crippen LogP contribution in [0.4, 0.5) is 0 Å². The third-order valence-electron chi connectivity index (χ3n) is 3.53. The second-order valence-electron chi connectivity index (χ2n) is 5.14. The molecule has 0 amide bonds. The summed E-state index contributed by atoms with van der Waals surface area (Å²) in [5.41, 5.74) is 1.23. The monoisotopic (exact) mass is 370 g/mol. The Morgan fingerprint density at radius 2 is 1.48 bits per heavy atom. The number of benzene rings is 2. The lowest BCUT2D eigenvalue weighted by Gasteiger charge is -2.05. The third kappa shape index (κ3) is 5.74. The van der Waals surface area contributed by atoms with Crippen molar-refractivity contribution < 1.29 is 28.7 Å². The lowest BCUT2D eigenvalue weighted by molar-refractivity contribution is 0.110. The first-order chi connectivity index (χ1) is 12.6. The van der Waals surface area contributed by atoms with Crippen molar-refractivity contribution >= 4 is 18.9 Å². The number of hydrogen-bond donors (Lipinski definition) is 2. The van der Waals surface area contributed by atoms with Crippen LogP contribution < -0.4 is 14.9 Å². The summed E-state index contributed by atoms with van der Waals surface area (Å²) >= 11 is 0. The van der Waals surface area contributed by atoms with Crippen LogP contribution in [0.2, 0.25) is 0 Å². The molecule has 0 spiro atoms. The van der Waals surface area contributed by atoms with Gasteiger partial charge in [0.2, 0.25) is 0 Å². The van der Waals surface area contributed by atoms with Crippen molar-refractivity contribution in [3.8, 4) is 22.8 Å². The van der Waals surface area contributed by atoms with Gasteiger partial charge in [-0.25, -0.2) is 0 Å². The highest BCUT2D eigenvalue weighted by Gasteiger charge is 2.15. The molecule has 2 N–H and O–H groups in total. The molecular formula is C20H23BO6. The van der Waals surface area contributed by atoms with Gasteiger partial charge in [-0.15, -0.1) is 0 Å². The summed E-state index contributed by atoms with van der Waals surface area (Å²) in [5, 5.41) is 17.6. The van der Waals surface area contributed by atoms with E-state index in [4.69, 9.17) is 23.9 Å². The Morgan fingerprint density at radius 3 is 2.00 bits per heavy atom. The molecule has 3 rings (SSSR count). The molecule has 0 unspecified atom stereocenters. The topological polar surface area (TPSA) is 89.1 Å². The summed E-state index contributed by atoms with van der Waals surface area (Å²) in [6, 6.07) is 17.6. The van der Waals surface area contributed by atoms with Crippen molar-refractivity contribution in [1.82, 2.24) is 0 Å². The third-order valence-corrected chi connectivity index (χ3v) is 3.53. The van der Waals surface area contributed by atoms with E-state index in [0.29, 0.717) is 29.0 Å². The largest absolute Gasteiger partial charge is 0.497 e. The fraction of sp³-hybridized carbons (Fsp3) is 0.150. The minimum absolute atomic E-state index is 0. The van der Waals surface area contributed by atoms with Gasteiger partial charge in [0.15, 0.2) is 12.0 Å². The highest BCUT2D eigenvalue weighted by atomic mass is 16.5. The summed E-state index contributed by atoms with van der Waals surface area (Å²) in [6.45, 7) is 0. The lowest BCUT2D eigenvalue weighted by Crippen LogP contribution is -2.30. The molecule has 142 valence electrons. The number of furan rings is 1. The van der Waals surface area contributed by atoms with Crippen LogP contribution in [0.25, 0.3) is 11.3 Å². The van der Waals surface area contributed by atoms with Gasteiger partial charge in [0.25, 0.3) is 0 Å². The molecule has 0 aliphatic heterocycles. The van der Waals surface area contributed by atoms with E-state index in [1.807, 2.05) is 24.3 Å². The molecule has 0 saturated heterocycles. The van der Waals surface area contributed by atoms with Crippen molar-refractivity contribution in [1.29, 1.82) is 0 Å². The maximum atomic E-state index is 10.5. The van der Waals surface area contributed by atoms with Crippen LogP contribution in [-0.4, -0.2) is 37.7 Å². The zero-order valence-corrected chi connectivity index (χ0v) is 14.5. The normalized spacial score (nSPS) is 9.33. The van der Waals surface area contributed by atoms with Gasteiger partial charge >= 0.3 is 7.12 Å². The second-order valence-corrected chi connectivity index (χ2v) is 5.14. The Labute approximate surface area is 159 Å². The molecule has 2 aromatic carbocycles. The minimum atomic E-state index is -1.47. The van der Waals surface area contributed by atoms with Crippen LogP contribution in [0.5, 0.6) is 11.5 Å². The molecule has 0 saturated carbocycles. The number of hydrogen-bond acceptors (Lipinski definition) is 6. The first-order valence-electron chi connectivity index (χ1n) is 7.78. The molecule has 6 nitrogen and oxygen atoms in total. The average molecular weight is 370 g/mol. The first kappa shape index (κ1) is 22.0. The SMILES string of the molecule is C.COc1ccccc1-c1ccc(C=O)o1.COc1ccccc1B(O)O. The summed E-state index contributed by atoms with van der Waals surface area (Å²) in [6.07, 6.45) is 0.679. The van der Waals surface area contributed by atoms with E-state index in [-0.39, 0.29) is 7.43 Å².